The van der Waals surface area contributed by atoms with Gasteiger partial charge in [-0.3, -0.25) is 4.79 Å². The van der Waals surface area contributed by atoms with E-state index in [9.17, 15) is 19.1 Å². The van der Waals surface area contributed by atoms with Crippen LogP contribution in [0.15, 0.2) is 18.2 Å². The van der Waals surface area contributed by atoms with Crippen molar-refractivity contribution in [1.82, 2.24) is 5.32 Å². The molecule has 0 aliphatic heterocycles. The predicted octanol–water partition coefficient (Wildman–Crippen LogP) is 0.614. The van der Waals surface area contributed by atoms with Crippen LogP contribution in [0.4, 0.5) is 9.18 Å². The van der Waals surface area contributed by atoms with Gasteiger partial charge in [-0.25, -0.2) is 9.18 Å². The van der Waals surface area contributed by atoms with Gasteiger partial charge in [0.25, 0.3) is 5.91 Å². The van der Waals surface area contributed by atoms with Crippen LogP contribution >= 0.6 is 0 Å². The number of rotatable bonds is 4. The Balaban J connectivity index is 2.93. The zero-order valence-electron chi connectivity index (χ0n) is 9.55. The quantitative estimate of drug-likeness (QED) is 0.632. The number of halogens is 1. The summed E-state index contributed by atoms with van der Waals surface area (Å²) in [5.41, 5.74) is 4.80. The number of hydrogen-bond acceptors (Lipinski definition) is 3. The summed E-state index contributed by atoms with van der Waals surface area (Å²) in [4.78, 5) is 21.2. The van der Waals surface area contributed by atoms with Gasteiger partial charge in [0.05, 0.1) is 17.7 Å². The van der Waals surface area contributed by atoms with Gasteiger partial charge in [-0.1, -0.05) is 6.07 Å². The SMILES string of the molecule is C[C@H](NC(=O)O)[C@H](O)c1ccc(C(N)=O)c(F)c1. The molecule has 98 valence electrons. The molecule has 6 nitrogen and oxygen atoms in total. The molecule has 0 aliphatic carbocycles. The monoisotopic (exact) mass is 256 g/mol. The van der Waals surface area contributed by atoms with Crippen molar-refractivity contribution in [2.75, 3.05) is 0 Å². The van der Waals surface area contributed by atoms with E-state index in [1.807, 2.05) is 0 Å². The van der Waals surface area contributed by atoms with Crippen LogP contribution in [0.2, 0.25) is 0 Å². The molecule has 7 heteroatoms. The number of nitrogens with two attached hydrogens (primary N) is 1. The first-order valence-corrected chi connectivity index (χ1v) is 5.09. The third-order valence-corrected chi connectivity index (χ3v) is 2.42. The Morgan fingerprint density at radius 3 is 2.50 bits per heavy atom. The van der Waals surface area contributed by atoms with Crippen LogP contribution in [-0.4, -0.2) is 28.3 Å². The zero-order chi connectivity index (χ0) is 13.9. The number of aliphatic hydroxyl groups is 1. The second-order valence-corrected chi connectivity index (χ2v) is 3.79. The van der Waals surface area contributed by atoms with Crippen molar-refractivity contribution in [3.8, 4) is 0 Å². The summed E-state index contributed by atoms with van der Waals surface area (Å²) in [5.74, 6) is -1.77. The largest absolute Gasteiger partial charge is 0.465 e. The molecule has 0 spiro atoms. The van der Waals surface area contributed by atoms with Crippen molar-refractivity contribution in [3.63, 3.8) is 0 Å². The first-order valence-electron chi connectivity index (χ1n) is 5.09. The Morgan fingerprint density at radius 1 is 1.44 bits per heavy atom. The number of carbonyl (C=O) groups is 2. The Hall–Kier alpha value is -2.15. The lowest BCUT2D eigenvalue weighted by molar-refractivity contribution is 0.0996. The van der Waals surface area contributed by atoms with E-state index in [2.05, 4.69) is 5.32 Å². The fourth-order valence-corrected chi connectivity index (χ4v) is 1.48. The minimum Gasteiger partial charge on any atom is -0.465 e. The molecule has 0 aromatic heterocycles. The molecule has 2 amide bonds. The van der Waals surface area contributed by atoms with Crippen LogP contribution in [0, 0.1) is 5.82 Å². The fraction of sp³-hybridized carbons (Fsp3) is 0.273. The van der Waals surface area contributed by atoms with E-state index in [4.69, 9.17) is 10.8 Å². The standard InChI is InChI=1S/C11H13FN2O4/c1-5(14-11(17)18)9(15)6-2-3-7(10(13)16)8(12)4-6/h2-5,9,14-15H,1H3,(H2,13,16)(H,17,18)/t5-,9-/m0/s1. The molecule has 0 saturated heterocycles. The lowest BCUT2D eigenvalue weighted by Gasteiger charge is -2.19. The van der Waals surface area contributed by atoms with Crippen molar-refractivity contribution in [1.29, 1.82) is 0 Å². The maximum Gasteiger partial charge on any atom is 0.404 e. The Kier molecular flexibility index (Phi) is 4.22. The molecule has 1 rings (SSSR count). The highest BCUT2D eigenvalue weighted by molar-refractivity contribution is 5.93. The fourth-order valence-electron chi connectivity index (χ4n) is 1.48. The summed E-state index contributed by atoms with van der Waals surface area (Å²) in [6, 6.07) is 2.59. The molecule has 0 fully saturated rings. The number of primary amides is 1. The third kappa shape index (κ3) is 3.17. The minimum atomic E-state index is -1.30. The Bertz CT molecular complexity index is 478. The van der Waals surface area contributed by atoms with Crippen LogP contribution in [0.1, 0.15) is 28.9 Å². The first-order chi connectivity index (χ1) is 8.32. The summed E-state index contributed by atoms with van der Waals surface area (Å²) in [7, 11) is 0. The molecular weight excluding hydrogens is 243 g/mol. The number of amides is 2. The molecule has 0 radical (unpaired) electrons. The summed E-state index contributed by atoms with van der Waals surface area (Å²) >= 11 is 0. The van der Waals surface area contributed by atoms with E-state index in [0.29, 0.717) is 0 Å². The lowest BCUT2D eigenvalue weighted by atomic mass is 10.0. The van der Waals surface area contributed by atoms with E-state index in [1.54, 1.807) is 0 Å². The normalized spacial score (nSPS) is 13.7. The summed E-state index contributed by atoms with van der Waals surface area (Å²) in [6.07, 6.45) is -2.52. The van der Waals surface area contributed by atoms with Crippen LogP contribution in [0.25, 0.3) is 0 Å². The van der Waals surface area contributed by atoms with Crippen LogP contribution in [0.5, 0.6) is 0 Å². The van der Waals surface area contributed by atoms with Crippen molar-refractivity contribution in [2.24, 2.45) is 5.73 Å². The van der Waals surface area contributed by atoms with Gasteiger partial charge in [-0.05, 0) is 24.6 Å². The van der Waals surface area contributed by atoms with Gasteiger partial charge in [0, 0.05) is 0 Å². The van der Waals surface area contributed by atoms with Crippen molar-refractivity contribution >= 4 is 12.0 Å². The summed E-state index contributed by atoms with van der Waals surface area (Å²) in [6.45, 7) is 1.43. The molecule has 1 aromatic carbocycles. The average molecular weight is 256 g/mol. The topological polar surface area (TPSA) is 113 Å². The maximum atomic E-state index is 13.4. The van der Waals surface area contributed by atoms with E-state index in [-0.39, 0.29) is 11.1 Å². The predicted molar refractivity (Wildman–Crippen MR) is 60.5 cm³/mol. The van der Waals surface area contributed by atoms with Gasteiger partial charge in [-0.2, -0.15) is 0 Å². The maximum absolute atomic E-state index is 13.4. The summed E-state index contributed by atoms with van der Waals surface area (Å²) < 4.78 is 13.4. The van der Waals surface area contributed by atoms with E-state index >= 15 is 0 Å². The van der Waals surface area contributed by atoms with Gasteiger partial charge >= 0.3 is 6.09 Å². The smallest absolute Gasteiger partial charge is 0.404 e. The Morgan fingerprint density at radius 2 is 2.06 bits per heavy atom. The van der Waals surface area contributed by atoms with Crippen LogP contribution in [0.3, 0.4) is 0 Å². The summed E-state index contributed by atoms with van der Waals surface area (Å²) in [5, 5.41) is 20.3. The molecule has 1 aromatic rings. The molecule has 0 heterocycles. The minimum absolute atomic E-state index is 0.152. The highest BCUT2D eigenvalue weighted by Gasteiger charge is 2.20. The second-order valence-electron chi connectivity index (χ2n) is 3.79. The van der Waals surface area contributed by atoms with E-state index in [0.717, 1.165) is 12.1 Å². The van der Waals surface area contributed by atoms with Crippen molar-refractivity contribution < 1.29 is 24.2 Å². The molecular formula is C11H13FN2O4. The highest BCUT2D eigenvalue weighted by Crippen LogP contribution is 2.19. The number of aliphatic hydroxyl groups excluding tert-OH is 1. The van der Waals surface area contributed by atoms with Gasteiger partial charge in [-0.15, -0.1) is 0 Å². The highest BCUT2D eigenvalue weighted by atomic mass is 19.1. The number of nitrogens with one attached hydrogen (secondary N) is 1. The van der Waals surface area contributed by atoms with Gasteiger partial charge in [0.15, 0.2) is 0 Å². The number of carbonyl (C=O) groups excluding carboxylic acids is 1. The van der Waals surface area contributed by atoms with Crippen LogP contribution in [-0.2, 0) is 0 Å². The number of carboxylic acid groups (broad SMARTS) is 1. The lowest BCUT2D eigenvalue weighted by Crippen LogP contribution is -2.36. The number of hydrogen-bond donors (Lipinski definition) is 4. The molecule has 0 bridgehead atoms. The third-order valence-electron chi connectivity index (χ3n) is 2.42. The number of benzene rings is 1. The average Bonchev–Trinajstić information content (AvgIpc) is 2.26. The van der Waals surface area contributed by atoms with Gasteiger partial charge < -0.3 is 21.3 Å². The van der Waals surface area contributed by atoms with E-state index < -0.39 is 30.0 Å². The molecule has 18 heavy (non-hydrogen) atoms. The van der Waals surface area contributed by atoms with Crippen LogP contribution < -0.4 is 11.1 Å². The Labute approximate surface area is 102 Å². The molecule has 0 unspecified atom stereocenters. The molecule has 5 N–H and O–H groups in total. The first kappa shape index (κ1) is 13.9. The van der Waals surface area contributed by atoms with Gasteiger partial charge in [0.1, 0.15) is 5.82 Å². The van der Waals surface area contributed by atoms with Crippen molar-refractivity contribution in [2.45, 2.75) is 19.1 Å². The van der Waals surface area contributed by atoms with Gasteiger partial charge in [0.2, 0.25) is 0 Å². The zero-order valence-corrected chi connectivity index (χ0v) is 9.55. The van der Waals surface area contributed by atoms with Crippen molar-refractivity contribution in [3.05, 3.63) is 35.1 Å². The molecule has 0 aliphatic rings. The van der Waals surface area contributed by atoms with E-state index in [1.165, 1.54) is 13.0 Å². The second kappa shape index (κ2) is 5.46. The molecule has 0 saturated carbocycles. The molecule has 2 atom stereocenters.